The van der Waals surface area contributed by atoms with Crippen LogP contribution in [0, 0.1) is 5.92 Å². The Morgan fingerprint density at radius 2 is 1.91 bits per heavy atom. The minimum atomic E-state index is -0.0479. The van der Waals surface area contributed by atoms with Gasteiger partial charge in [0.2, 0.25) is 5.91 Å². The van der Waals surface area contributed by atoms with Crippen LogP contribution in [0.1, 0.15) is 32.1 Å². The van der Waals surface area contributed by atoms with Crippen molar-refractivity contribution in [2.24, 2.45) is 11.7 Å². The highest BCUT2D eigenvalue weighted by molar-refractivity contribution is 5.93. The van der Waals surface area contributed by atoms with Crippen molar-refractivity contribution >= 4 is 42.2 Å². The lowest BCUT2D eigenvalue weighted by Gasteiger charge is -2.17. The summed E-state index contributed by atoms with van der Waals surface area (Å²) in [4.78, 5) is 18.9. The molecule has 1 saturated carbocycles. The molecule has 124 valence electrons. The summed E-state index contributed by atoms with van der Waals surface area (Å²) in [5.74, 6) is 0.983. The molecule has 5 nitrogen and oxygen atoms in total. The highest BCUT2D eigenvalue weighted by Gasteiger charge is 2.30. The van der Waals surface area contributed by atoms with Crippen molar-refractivity contribution in [3.63, 3.8) is 0 Å². The summed E-state index contributed by atoms with van der Waals surface area (Å²) in [6.07, 6.45) is 7.10. The van der Waals surface area contributed by atoms with E-state index in [1.54, 1.807) is 6.20 Å². The predicted molar refractivity (Wildman–Crippen MR) is 94.1 cm³/mol. The number of anilines is 2. The molecule has 1 aliphatic carbocycles. The SMILES string of the molecule is Cl.Cl.NC1CCCC1C(=O)Nc1ccc(N2CCCC2)nc1. The van der Waals surface area contributed by atoms with Crippen molar-refractivity contribution in [2.75, 3.05) is 23.3 Å². The highest BCUT2D eigenvalue weighted by atomic mass is 35.5. The van der Waals surface area contributed by atoms with Gasteiger partial charge in [0.25, 0.3) is 0 Å². The van der Waals surface area contributed by atoms with Gasteiger partial charge < -0.3 is 16.0 Å². The van der Waals surface area contributed by atoms with E-state index in [-0.39, 0.29) is 42.7 Å². The van der Waals surface area contributed by atoms with Gasteiger partial charge in [-0.1, -0.05) is 6.42 Å². The van der Waals surface area contributed by atoms with Gasteiger partial charge in [-0.05, 0) is 37.8 Å². The number of nitrogens with zero attached hydrogens (tertiary/aromatic N) is 2. The Kier molecular flexibility index (Phi) is 7.39. The molecule has 0 spiro atoms. The van der Waals surface area contributed by atoms with E-state index >= 15 is 0 Å². The molecule has 0 aromatic carbocycles. The van der Waals surface area contributed by atoms with Crippen LogP contribution in [0.25, 0.3) is 0 Å². The van der Waals surface area contributed by atoms with Crippen LogP contribution in [0.5, 0.6) is 0 Å². The van der Waals surface area contributed by atoms with E-state index in [0.29, 0.717) is 0 Å². The van der Waals surface area contributed by atoms with Gasteiger partial charge in [-0.3, -0.25) is 4.79 Å². The first-order chi connectivity index (χ1) is 9.74. The lowest BCUT2D eigenvalue weighted by Crippen LogP contribution is -2.34. The Balaban J connectivity index is 0.00000121. The molecule has 1 amide bonds. The minimum Gasteiger partial charge on any atom is -0.357 e. The zero-order valence-corrected chi connectivity index (χ0v) is 14.2. The molecule has 1 aliphatic heterocycles. The maximum absolute atomic E-state index is 12.1. The molecule has 0 radical (unpaired) electrons. The molecule has 0 bridgehead atoms. The van der Waals surface area contributed by atoms with Gasteiger partial charge in [0, 0.05) is 19.1 Å². The molecule has 3 N–H and O–H groups in total. The van der Waals surface area contributed by atoms with Crippen LogP contribution in [0.2, 0.25) is 0 Å². The molecule has 2 heterocycles. The number of hydrogen-bond acceptors (Lipinski definition) is 4. The number of rotatable bonds is 3. The van der Waals surface area contributed by atoms with E-state index in [4.69, 9.17) is 5.73 Å². The van der Waals surface area contributed by atoms with Crippen LogP contribution < -0.4 is 16.0 Å². The molecule has 1 aromatic heterocycles. The molecule has 2 atom stereocenters. The molecule has 1 saturated heterocycles. The first-order valence-electron chi connectivity index (χ1n) is 7.51. The Morgan fingerprint density at radius 1 is 1.18 bits per heavy atom. The van der Waals surface area contributed by atoms with Gasteiger partial charge in [0.05, 0.1) is 17.8 Å². The van der Waals surface area contributed by atoms with E-state index in [2.05, 4.69) is 15.2 Å². The van der Waals surface area contributed by atoms with Crippen LogP contribution in [-0.4, -0.2) is 30.0 Å². The zero-order chi connectivity index (χ0) is 13.9. The number of pyridine rings is 1. The Morgan fingerprint density at radius 3 is 2.45 bits per heavy atom. The normalized spacial score (nSPS) is 23.6. The van der Waals surface area contributed by atoms with E-state index in [1.165, 1.54) is 12.8 Å². The highest BCUT2D eigenvalue weighted by Crippen LogP contribution is 2.25. The molecule has 2 unspecified atom stereocenters. The number of aromatic nitrogens is 1. The van der Waals surface area contributed by atoms with Gasteiger partial charge in [-0.2, -0.15) is 0 Å². The van der Waals surface area contributed by atoms with Gasteiger partial charge in [-0.15, -0.1) is 24.8 Å². The molecule has 3 rings (SSSR count). The summed E-state index contributed by atoms with van der Waals surface area (Å²) in [7, 11) is 0. The maximum Gasteiger partial charge on any atom is 0.229 e. The molecule has 1 aromatic rings. The lowest BCUT2D eigenvalue weighted by molar-refractivity contribution is -0.120. The third kappa shape index (κ3) is 4.24. The van der Waals surface area contributed by atoms with Crippen molar-refractivity contribution in [1.82, 2.24) is 4.98 Å². The maximum atomic E-state index is 12.1. The summed E-state index contributed by atoms with van der Waals surface area (Å²) in [5.41, 5.74) is 6.72. The second-order valence-electron chi connectivity index (χ2n) is 5.79. The number of halogens is 2. The van der Waals surface area contributed by atoms with Gasteiger partial charge in [0.1, 0.15) is 5.82 Å². The smallest absolute Gasteiger partial charge is 0.229 e. The minimum absolute atomic E-state index is 0. The van der Waals surface area contributed by atoms with E-state index in [9.17, 15) is 4.79 Å². The summed E-state index contributed by atoms with van der Waals surface area (Å²) < 4.78 is 0. The molecular formula is C15H24Cl2N4O. The summed E-state index contributed by atoms with van der Waals surface area (Å²) in [6.45, 7) is 2.16. The van der Waals surface area contributed by atoms with Crippen LogP contribution in [0.3, 0.4) is 0 Å². The molecule has 2 aliphatic rings. The van der Waals surface area contributed by atoms with Crippen LogP contribution in [0.4, 0.5) is 11.5 Å². The summed E-state index contributed by atoms with van der Waals surface area (Å²) in [6, 6.07) is 3.92. The van der Waals surface area contributed by atoms with Crippen LogP contribution in [-0.2, 0) is 4.79 Å². The topological polar surface area (TPSA) is 71.2 Å². The van der Waals surface area contributed by atoms with Crippen molar-refractivity contribution in [1.29, 1.82) is 0 Å². The fraction of sp³-hybridized carbons (Fsp3) is 0.600. The number of nitrogens with one attached hydrogen (secondary N) is 1. The van der Waals surface area contributed by atoms with Gasteiger partial charge in [-0.25, -0.2) is 4.98 Å². The lowest BCUT2D eigenvalue weighted by atomic mass is 10.0. The second kappa shape index (κ2) is 8.56. The Hall–Kier alpha value is -1.04. The molecular weight excluding hydrogens is 323 g/mol. The number of nitrogens with two attached hydrogens (primary N) is 1. The largest absolute Gasteiger partial charge is 0.357 e. The Labute approximate surface area is 143 Å². The van der Waals surface area contributed by atoms with Crippen molar-refractivity contribution in [3.05, 3.63) is 18.3 Å². The predicted octanol–water partition coefficient (Wildman–Crippen LogP) is 2.59. The number of carbonyl (C=O) groups is 1. The summed E-state index contributed by atoms with van der Waals surface area (Å²) >= 11 is 0. The van der Waals surface area contributed by atoms with Crippen molar-refractivity contribution in [3.8, 4) is 0 Å². The van der Waals surface area contributed by atoms with E-state index in [0.717, 1.165) is 43.9 Å². The average Bonchev–Trinajstić information content (AvgIpc) is 3.10. The molecule has 2 fully saturated rings. The monoisotopic (exact) mass is 346 g/mol. The zero-order valence-electron chi connectivity index (χ0n) is 12.5. The second-order valence-corrected chi connectivity index (χ2v) is 5.79. The third-order valence-electron chi connectivity index (χ3n) is 4.35. The number of hydrogen-bond donors (Lipinski definition) is 2. The molecule has 7 heteroatoms. The third-order valence-corrected chi connectivity index (χ3v) is 4.35. The quantitative estimate of drug-likeness (QED) is 0.882. The number of carbonyl (C=O) groups excluding carboxylic acids is 1. The first-order valence-corrected chi connectivity index (χ1v) is 7.51. The van der Waals surface area contributed by atoms with Gasteiger partial charge >= 0.3 is 0 Å². The standard InChI is InChI=1S/C15H22N4O.2ClH/c16-13-5-3-4-12(13)15(20)18-11-6-7-14(17-10-11)19-8-1-2-9-19;;/h6-7,10,12-13H,1-5,8-9,16H2,(H,18,20);2*1H. The van der Waals surface area contributed by atoms with E-state index < -0.39 is 0 Å². The molecule has 22 heavy (non-hydrogen) atoms. The Bertz CT molecular complexity index is 477. The fourth-order valence-electron chi connectivity index (χ4n) is 3.14. The fourth-order valence-corrected chi connectivity index (χ4v) is 3.14. The first kappa shape index (κ1) is 19.0. The summed E-state index contributed by atoms with van der Waals surface area (Å²) in [5, 5.41) is 2.93. The van der Waals surface area contributed by atoms with Gasteiger partial charge in [0.15, 0.2) is 0 Å². The average molecular weight is 347 g/mol. The van der Waals surface area contributed by atoms with E-state index in [1.807, 2.05) is 12.1 Å². The van der Waals surface area contributed by atoms with Crippen molar-refractivity contribution < 1.29 is 4.79 Å². The van der Waals surface area contributed by atoms with Crippen molar-refractivity contribution in [2.45, 2.75) is 38.1 Å². The number of amides is 1. The van der Waals surface area contributed by atoms with Crippen LogP contribution in [0.15, 0.2) is 18.3 Å². The van der Waals surface area contributed by atoms with Crippen LogP contribution >= 0.6 is 24.8 Å².